The Morgan fingerprint density at radius 2 is 2.35 bits per heavy atom. The van der Waals surface area contributed by atoms with E-state index in [1.165, 1.54) is 0 Å². The second kappa shape index (κ2) is 6.92. The molecule has 110 valence electrons. The fraction of sp³-hybridized carbons (Fsp3) is 0.500. The topological polar surface area (TPSA) is 69.0 Å². The van der Waals surface area contributed by atoms with Crippen LogP contribution in [0.25, 0.3) is 0 Å². The van der Waals surface area contributed by atoms with Crippen molar-refractivity contribution in [1.29, 1.82) is 0 Å². The Bertz CT molecular complexity index is 536. The Hall–Kier alpha value is -1.30. The molecule has 0 fully saturated rings. The van der Waals surface area contributed by atoms with Crippen LogP contribution in [-0.2, 0) is 19.4 Å². The van der Waals surface area contributed by atoms with Crippen molar-refractivity contribution < 1.29 is 4.42 Å². The second-order valence-corrected chi connectivity index (χ2v) is 5.23. The molecule has 1 unspecified atom stereocenters. The van der Waals surface area contributed by atoms with E-state index in [4.69, 9.17) is 21.9 Å². The number of nitrogens with two attached hydrogens (primary N) is 1. The van der Waals surface area contributed by atoms with E-state index in [9.17, 15) is 0 Å². The largest absolute Gasteiger partial charge is 0.469 e. The summed E-state index contributed by atoms with van der Waals surface area (Å²) in [5.41, 5.74) is 4.76. The Morgan fingerprint density at radius 3 is 2.95 bits per heavy atom. The molecule has 0 bridgehead atoms. The molecule has 0 aliphatic rings. The predicted octanol–water partition coefficient (Wildman–Crippen LogP) is 2.47. The van der Waals surface area contributed by atoms with E-state index in [0.29, 0.717) is 0 Å². The molecule has 20 heavy (non-hydrogen) atoms. The minimum Gasteiger partial charge on any atom is -0.469 e. The average Bonchev–Trinajstić information content (AvgIpc) is 3.06. The summed E-state index contributed by atoms with van der Waals surface area (Å²) in [6, 6.07) is 4.01. The van der Waals surface area contributed by atoms with Crippen LogP contribution in [0.5, 0.6) is 0 Å². The summed E-state index contributed by atoms with van der Waals surface area (Å²) >= 11 is 6.32. The lowest BCUT2D eigenvalue weighted by atomic mass is 10.1. The molecule has 0 amide bonds. The third kappa shape index (κ3) is 3.42. The van der Waals surface area contributed by atoms with Crippen molar-refractivity contribution in [1.82, 2.24) is 15.2 Å². The van der Waals surface area contributed by atoms with E-state index in [1.807, 2.05) is 23.7 Å². The molecule has 0 aliphatic heterocycles. The number of halogens is 1. The normalized spacial score (nSPS) is 12.8. The average molecular weight is 297 g/mol. The highest BCUT2D eigenvalue weighted by Crippen LogP contribution is 2.22. The van der Waals surface area contributed by atoms with Crippen molar-refractivity contribution in [2.45, 2.75) is 45.7 Å². The van der Waals surface area contributed by atoms with Gasteiger partial charge in [0.2, 0.25) is 0 Å². The Balaban J connectivity index is 2.02. The minimum absolute atomic E-state index is 0.138. The smallest absolute Gasteiger partial charge is 0.103 e. The maximum atomic E-state index is 6.32. The molecule has 3 N–H and O–H groups in total. The summed E-state index contributed by atoms with van der Waals surface area (Å²) in [4.78, 5) is 0. The van der Waals surface area contributed by atoms with E-state index in [0.717, 1.165) is 48.0 Å². The zero-order valence-corrected chi connectivity index (χ0v) is 12.7. The molecule has 2 aromatic rings. The summed E-state index contributed by atoms with van der Waals surface area (Å²) in [7, 11) is 0. The molecule has 2 heterocycles. The number of aromatic nitrogens is 2. The van der Waals surface area contributed by atoms with Gasteiger partial charge in [0.05, 0.1) is 22.7 Å². The molecule has 0 saturated heterocycles. The number of rotatable bonds is 7. The fourth-order valence-corrected chi connectivity index (χ4v) is 2.53. The van der Waals surface area contributed by atoms with Crippen LogP contribution < -0.4 is 11.3 Å². The molecule has 0 saturated carbocycles. The Labute approximate surface area is 124 Å². The van der Waals surface area contributed by atoms with Crippen molar-refractivity contribution in [3.05, 3.63) is 40.6 Å². The van der Waals surface area contributed by atoms with Crippen LogP contribution in [-0.4, -0.2) is 15.8 Å². The monoisotopic (exact) mass is 296 g/mol. The molecule has 2 rings (SSSR count). The maximum Gasteiger partial charge on any atom is 0.103 e. The van der Waals surface area contributed by atoms with Crippen molar-refractivity contribution in [3.63, 3.8) is 0 Å². The van der Waals surface area contributed by atoms with Gasteiger partial charge in [0.1, 0.15) is 5.76 Å². The van der Waals surface area contributed by atoms with Gasteiger partial charge in [-0.25, -0.2) is 0 Å². The Morgan fingerprint density at radius 1 is 1.55 bits per heavy atom. The van der Waals surface area contributed by atoms with Crippen molar-refractivity contribution in [3.8, 4) is 0 Å². The van der Waals surface area contributed by atoms with Crippen molar-refractivity contribution >= 4 is 11.6 Å². The minimum atomic E-state index is 0.138. The van der Waals surface area contributed by atoms with Crippen LogP contribution in [0.4, 0.5) is 0 Å². The highest BCUT2D eigenvalue weighted by Gasteiger charge is 2.17. The number of hydrogen-bond acceptors (Lipinski definition) is 4. The van der Waals surface area contributed by atoms with Gasteiger partial charge in [-0.15, -0.1) is 0 Å². The number of hydrazine groups is 1. The molecule has 6 heteroatoms. The highest BCUT2D eigenvalue weighted by atomic mass is 35.5. The molecule has 0 aliphatic carbocycles. The van der Waals surface area contributed by atoms with Crippen molar-refractivity contribution in [2.75, 3.05) is 0 Å². The van der Waals surface area contributed by atoms with Gasteiger partial charge in [0.15, 0.2) is 0 Å². The second-order valence-electron chi connectivity index (χ2n) is 4.85. The van der Waals surface area contributed by atoms with E-state index >= 15 is 0 Å². The zero-order chi connectivity index (χ0) is 14.5. The van der Waals surface area contributed by atoms with Crippen molar-refractivity contribution in [2.24, 2.45) is 5.84 Å². The number of aryl methyl sites for hydroxylation is 3. The standard InChI is InChI=1S/C14H21ClN4O/c1-3-19-13(14(15)10(2)18-19)9-11(17-16)6-7-12-5-4-8-20-12/h4-5,8,11,17H,3,6-7,9,16H2,1-2H3. The first kappa shape index (κ1) is 15.1. The lowest BCUT2D eigenvalue weighted by molar-refractivity contribution is 0.438. The van der Waals surface area contributed by atoms with Gasteiger partial charge in [0.25, 0.3) is 0 Å². The van der Waals surface area contributed by atoms with Crippen LogP contribution in [0.1, 0.15) is 30.5 Å². The number of hydrogen-bond donors (Lipinski definition) is 2. The van der Waals surface area contributed by atoms with Crippen LogP contribution in [0, 0.1) is 6.92 Å². The summed E-state index contributed by atoms with van der Waals surface area (Å²) in [5, 5.41) is 5.16. The van der Waals surface area contributed by atoms with E-state index < -0.39 is 0 Å². The molecular weight excluding hydrogens is 276 g/mol. The molecule has 0 spiro atoms. The van der Waals surface area contributed by atoms with E-state index in [2.05, 4.69) is 17.4 Å². The molecule has 1 atom stereocenters. The lowest BCUT2D eigenvalue weighted by Gasteiger charge is -2.16. The number of nitrogens with one attached hydrogen (secondary N) is 1. The number of furan rings is 1. The van der Waals surface area contributed by atoms with Gasteiger partial charge in [0, 0.05) is 25.4 Å². The van der Waals surface area contributed by atoms with E-state index in [-0.39, 0.29) is 6.04 Å². The van der Waals surface area contributed by atoms with Crippen LogP contribution in [0.2, 0.25) is 5.02 Å². The van der Waals surface area contributed by atoms with Crippen LogP contribution >= 0.6 is 11.6 Å². The summed E-state index contributed by atoms with van der Waals surface area (Å²) in [5.74, 6) is 6.62. The van der Waals surface area contributed by atoms with E-state index in [1.54, 1.807) is 6.26 Å². The van der Waals surface area contributed by atoms with Gasteiger partial charge in [-0.3, -0.25) is 16.0 Å². The van der Waals surface area contributed by atoms with Gasteiger partial charge < -0.3 is 4.42 Å². The fourth-order valence-electron chi connectivity index (χ4n) is 2.31. The predicted molar refractivity (Wildman–Crippen MR) is 79.5 cm³/mol. The maximum absolute atomic E-state index is 6.32. The first-order valence-electron chi connectivity index (χ1n) is 6.86. The quantitative estimate of drug-likeness (QED) is 0.608. The molecule has 2 aromatic heterocycles. The summed E-state index contributed by atoms with van der Waals surface area (Å²) in [6.45, 7) is 4.78. The van der Waals surface area contributed by atoms with Gasteiger partial charge in [-0.1, -0.05) is 11.6 Å². The highest BCUT2D eigenvalue weighted by molar-refractivity contribution is 6.31. The first-order valence-corrected chi connectivity index (χ1v) is 7.23. The van der Waals surface area contributed by atoms with Crippen LogP contribution in [0.3, 0.4) is 0 Å². The third-order valence-electron chi connectivity index (χ3n) is 3.45. The number of nitrogens with zero attached hydrogens (tertiary/aromatic N) is 2. The van der Waals surface area contributed by atoms with Gasteiger partial charge in [-0.05, 0) is 32.4 Å². The Kier molecular flexibility index (Phi) is 5.23. The summed E-state index contributed by atoms with van der Waals surface area (Å²) < 4.78 is 7.28. The first-order chi connectivity index (χ1) is 9.65. The van der Waals surface area contributed by atoms with Gasteiger partial charge >= 0.3 is 0 Å². The lowest BCUT2D eigenvalue weighted by Crippen LogP contribution is -2.37. The molecule has 0 radical (unpaired) electrons. The third-order valence-corrected chi connectivity index (χ3v) is 3.94. The molecular formula is C14H21ClN4O. The molecule has 0 aromatic carbocycles. The zero-order valence-electron chi connectivity index (χ0n) is 11.9. The van der Waals surface area contributed by atoms with Gasteiger partial charge in [-0.2, -0.15) is 5.10 Å². The SMILES string of the molecule is CCn1nc(C)c(Cl)c1CC(CCc1ccco1)NN. The summed E-state index contributed by atoms with van der Waals surface area (Å²) in [6.07, 6.45) is 4.17. The molecule has 5 nitrogen and oxygen atoms in total. The van der Waals surface area contributed by atoms with Crippen LogP contribution in [0.15, 0.2) is 22.8 Å².